The Hall–Kier alpha value is -1.80. The van der Waals surface area contributed by atoms with Gasteiger partial charge in [0.2, 0.25) is 0 Å². The highest BCUT2D eigenvalue weighted by Crippen LogP contribution is 2.21. The molecule has 0 aromatic heterocycles. The van der Waals surface area contributed by atoms with Crippen LogP contribution in [0.25, 0.3) is 0 Å². The Morgan fingerprint density at radius 3 is 1.95 bits per heavy atom. The van der Waals surface area contributed by atoms with E-state index >= 15 is 0 Å². The third-order valence-corrected chi connectivity index (χ3v) is 3.60. The number of carbonyl (C=O) groups is 1. The maximum Gasteiger partial charge on any atom is 0.193 e. The van der Waals surface area contributed by atoms with E-state index in [0.717, 1.165) is 12.2 Å². The fourth-order valence-electron chi connectivity index (χ4n) is 1.95. The van der Waals surface area contributed by atoms with Crippen LogP contribution >= 0.6 is 11.6 Å². The van der Waals surface area contributed by atoms with E-state index in [4.69, 9.17) is 16.3 Å². The third-order valence-electron chi connectivity index (χ3n) is 3.34. The normalized spacial score (nSPS) is 11.3. The van der Waals surface area contributed by atoms with Gasteiger partial charge in [-0.05, 0) is 60.4 Å². The molecule has 0 fully saturated rings. The number of rotatable bonds is 5. The van der Waals surface area contributed by atoms with Gasteiger partial charge in [-0.2, -0.15) is 0 Å². The summed E-state index contributed by atoms with van der Waals surface area (Å²) in [6.07, 6.45) is 0.985. The van der Waals surface area contributed by atoms with Gasteiger partial charge in [0.1, 0.15) is 5.75 Å². The summed E-state index contributed by atoms with van der Waals surface area (Å²) in [7, 11) is 0. The molecule has 0 spiro atoms. The van der Waals surface area contributed by atoms with E-state index in [1.54, 1.807) is 36.4 Å². The summed E-state index contributed by atoms with van der Waals surface area (Å²) in [6, 6.07) is 14.2. The van der Waals surface area contributed by atoms with Gasteiger partial charge in [0.25, 0.3) is 0 Å². The molecule has 0 aliphatic rings. The summed E-state index contributed by atoms with van der Waals surface area (Å²) < 4.78 is 5.71. The van der Waals surface area contributed by atoms with Crippen LogP contribution in [-0.2, 0) is 0 Å². The highest BCUT2D eigenvalue weighted by atomic mass is 35.5. The minimum Gasteiger partial charge on any atom is -0.494 e. The van der Waals surface area contributed by atoms with Crippen molar-refractivity contribution in [2.45, 2.75) is 27.2 Å². The van der Waals surface area contributed by atoms with Gasteiger partial charge in [0, 0.05) is 16.1 Å². The zero-order valence-corrected chi connectivity index (χ0v) is 14.0. The third kappa shape index (κ3) is 4.88. The Kier molecular flexibility index (Phi) is 5.25. The topological polar surface area (TPSA) is 26.3 Å². The van der Waals surface area contributed by atoms with E-state index in [1.165, 1.54) is 0 Å². The molecular weight excluding hydrogens is 296 g/mol. The first-order valence-electron chi connectivity index (χ1n) is 7.38. The molecule has 22 heavy (non-hydrogen) atoms. The van der Waals surface area contributed by atoms with Gasteiger partial charge in [0.05, 0.1) is 6.61 Å². The fraction of sp³-hybridized carbons (Fsp3) is 0.316. The lowest BCUT2D eigenvalue weighted by molar-refractivity contribution is 0.103. The number of hydrogen-bond acceptors (Lipinski definition) is 2. The smallest absolute Gasteiger partial charge is 0.193 e. The largest absolute Gasteiger partial charge is 0.494 e. The van der Waals surface area contributed by atoms with Crippen molar-refractivity contribution in [2.24, 2.45) is 5.41 Å². The lowest BCUT2D eigenvalue weighted by Crippen LogP contribution is -2.11. The number of benzene rings is 2. The standard InChI is InChI=1S/C19H21ClO2/c1-19(2,3)12-13-22-17-10-6-15(7-11-17)18(21)14-4-8-16(20)9-5-14/h4-11H,12-13H2,1-3H3. The molecule has 0 saturated heterocycles. The second-order valence-corrected chi connectivity index (χ2v) is 6.96. The Bertz CT molecular complexity index is 622. The molecule has 116 valence electrons. The minimum atomic E-state index is -0.0158. The number of ketones is 1. The van der Waals surface area contributed by atoms with Crippen LogP contribution in [0.2, 0.25) is 5.02 Å². The molecule has 0 heterocycles. The highest BCUT2D eigenvalue weighted by molar-refractivity contribution is 6.30. The Labute approximate surface area is 137 Å². The minimum absolute atomic E-state index is 0.0158. The van der Waals surface area contributed by atoms with Crippen molar-refractivity contribution in [3.63, 3.8) is 0 Å². The predicted molar refractivity (Wildman–Crippen MR) is 90.9 cm³/mol. The molecular formula is C19H21ClO2. The second-order valence-electron chi connectivity index (χ2n) is 6.52. The quantitative estimate of drug-likeness (QED) is 0.692. The van der Waals surface area contributed by atoms with Crippen LogP contribution in [0.1, 0.15) is 43.1 Å². The molecule has 2 rings (SSSR count). The van der Waals surface area contributed by atoms with Gasteiger partial charge in [0.15, 0.2) is 5.78 Å². The molecule has 2 nitrogen and oxygen atoms in total. The van der Waals surface area contributed by atoms with Crippen molar-refractivity contribution >= 4 is 17.4 Å². The molecule has 0 unspecified atom stereocenters. The fourth-order valence-corrected chi connectivity index (χ4v) is 2.07. The highest BCUT2D eigenvalue weighted by Gasteiger charge is 2.11. The van der Waals surface area contributed by atoms with E-state index in [-0.39, 0.29) is 11.2 Å². The number of ether oxygens (including phenoxy) is 1. The number of carbonyl (C=O) groups excluding carboxylic acids is 1. The van der Waals surface area contributed by atoms with Crippen LogP contribution in [0.4, 0.5) is 0 Å². The molecule has 0 saturated carbocycles. The summed E-state index contributed by atoms with van der Waals surface area (Å²) in [4.78, 5) is 12.3. The van der Waals surface area contributed by atoms with E-state index in [0.29, 0.717) is 22.8 Å². The van der Waals surface area contributed by atoms with Gasteiger partial charge < -0.3 is 4.74 Å². The SMILES string of the molecule is CC(C)(C)CCOc1ccc(C(=O)c2ccc(Cl)cc2)cc1. The van der Waals surface area contributed by atoms with Crippen molar-refractivity contribution in [3.05, 3.63) is 64.7 Å². The summed E-state index contributed by atoms with van der Waals surface area (Å²) >= 11 is 5.84. The molecule has 0 aliphatic heterocycles. The Balaban J connectivity index is 1.99. The predicted octanol–water partition coefficient (Wildman–Crippen LogP) is 5.39. The van der Waals surface area contributed by atoms with Crippen molar-refractivity contribution < 1.29 is 9.53 Å². The van der Waals surface area contributed by atoms with Crippen LogP contribution in [0.5, 0.6) is 5.75 Å². The lowest BCUT2D eigenvalue weighted by atomic mass is 9.93. The van der Waals surface area contributed by atoms with Crippen molar-refractivity contribution in [1.29, 1.82) is 0 Å². The first-order chi connectivity index (χ1) is 10.3. The van der Waals surface area contributed by atoms with E-state index in [9.17, 15) is 4.79 Å². The number of halogens is 1. The van der Waals surface area contributed by atoms with E-state index in [2.05, 4.69) is 20.8 Å². The van der Waals surface area contributed by atoms with Crippen LogP contribution in [0.3, 0.4) is 0 Å². The molecule has 0 atom stereocenters. The van der Waals surface area contributed by atoms with Crippen molar-refractivity contribution in [3.8, 4) is 5.75 Å². The van der Waals surface area contributed by atoms with Crippen molar-refractivity contribution in [1.82, 2.24) is 0 Å². The molecule has 0 N–H and O–H groups in total. The van der Waals surface area contributed by atoms with Gasteiger partial charge in [-0.1, -0.05) is 32.4 Å². The molecule has 0 bridgehead atoms. The zero-order chi connectivity index (χ0) is 16.2. The summed E-state index contributed by atoms with van der Waals surface area (Å²) in [5.74, 6) is 0.773. The van der Waals surface area contributed by atoms with Crippen LogP contribution in [0.15, 0.2) is 48.5 Å². The van der Waals surface area contributed by atoms with Crippen LogP contribution in [0, 0.1) is 5.41 Å². The Morgan fingerprint density at radius 2 is 1.45 bits per heavy atom. The second kappa shape index (κ2) is 6.97. The molecule has 0 amide bonds. The summed E-state index contributed by atoms with van der Waals surface area (Å²) in [5, 5.41) is 0.624. The van der Waals surface area contributed by atoms with Gasteiger partial charge in [-0.25, -0.2) is 0 Å². The molecule has 2 aromatic carbocycles. The molecule has 0 aliphatic carbocycles. The van der Waals surface area contributed by atoms with E-state index in [1.807, 2.05) is 12.1 Å². The van der Waals surface area contributed by atoms with Gasteiger partial charge >= 0.3 is 0 Å². The average Bonchev–Trinajstić information content (AvgIpc) is 2.47. The molecule has 0 radical (unpaired) electrons. The maximum absolute atomic E-state index is 12.3. The van der Waals surface area contributed by atoms with Crippen LogP contribution in [-0.4, -0.2) is 12.4 Å². The zero-order valence-electron chi connectivity index (χ0n) is 13.2. The van der Waals surface area contributed by atoms with Gasteiger partial charge in [-0.15, -0.1) is 0 Å². The monoisotopic (exact) mass is 316 g/mol. The van der Waals surface area contributed by atoms with E-state index < -0.39 is 0 Å². The maximum atomic E-state index is 12.3. The lowest BCUT2D eigenvalue weighted by Gasteiger charge is -2.18. The summed E-state index contributed by atoms with van der Waals surface area (Å²) in [6.45, 7) is 7.23. The molecule has 3 heteroatoms. The number of hydrogen-bond donors (Lipinski definition) is 0. The first-order valence-corrected chi connectivity index (χ1v) is 7.76. The summed E-state index contributed by atoms with van der Waals surface area (Å²) in [5.41, 5.74) is 1.53. The van der Waals surface area contributed by atoms with Gasteiger partial charge in [-0.3, -0.25) is 4.79 Å². The Morgan fingerprint density at radius 1 is 0.955 bits per heavy atom. The van der Waals surface area contributed by atoms with Crippen LogP contribution < -0.4 is 4.74 Å². The first kappa shape index (κ1) is 16.6. The molecule has 2 aromatic rings. The average molecular weight is 317 g/mol. The van der Waals surface area contributed by atoms with Crippen molar-refractivity contribution in [2.75, 3.05) is 6.61 Å².